The van der Waals surface area contributed by atoms with Gasteiger partial charge in [0, 0.05) is 12.3 Å². The highest BCUT2D eigenvalue weighted by molar-refractivity contribution is 6.25. The van der Waals surface area contributed by atoms with Crippen LogP contribution in [-0.2, 0) is 21.1 Å². The summed E-state index contributed by atoms with van der Waals surface area (Å²) in [6, 6.07) is 9.43. The number of fused-ring (bicyclic) bond motifs is 2. The minimum Gasteiger partial charge on any atom is -0.377 e. The smallest absolute Gasteiger partial charge is 0.377 e. The van der Waals surface area contributed by atoms with Crippen LogP contribution < -0.4 is 10.2 Å². The highest BCUT2D eigenvalue weighted by atomic mass is 19.4. The molecule has 0 saturated carbocycles. The summed E-state index contributed by atoms with van der Waals surface area (Å²) < 4.78 is 44.9. The topological polar surface area (TPSA) is 58.6 Å². The number of ether oxygens (including phenoxy) is 1. The summed E-state index contributed by atoms with van der Waals surface area (Å²) in [6.07, 6.45) is -4.51. The minimum atomic E-state index is -4.54. The Morgan fingerprint density at radius 3 is 2.62 bits per heavy atom. The molecule has 3 amide bonds. The predicted octanol–water partition coefficient (Wildman–Crippen LogP) is 4.64. The SMILES string of the molecule is Cc1cc(NC(=O)N2C(=O)[C@@]3(CCO[C@H]3C)c3ccccc32)cc(C(F)(F)F)c1. The first kappa shape index (κ1) is 19.4. The van der Waals surface area contributed by atoms with Crippen LogP contribution in [0.5, 0.6) is 0 Å². The van der Waals surface area contributed by atoms with E-state index in [-0.39, 0.29) is 5.69 Å². The molecule has 5 nitrogen and oxygen atoms in total. The molecular formula is C21H19F3N2O3. The van der Waals surface area contributed by atoms with Crippen LogP contribution in [0.1, 0.15) is 30.0 Å². The normalized spacial score (nSPS) is 23.6. The highest BCUT2D eigenvalue weighted by Gasteiger charge is 2.58. The second-order valence-corrected chi connectivity index (χ2v) is 7.41. The number of nitrogens with zero attached hydrogens (tertiary/aromatic N) is 1. The third-order valence-corrected chi connectivity index (χ3v) is 5.63. The minimum absolute atomic E-state index is 0.0238. The monoisotopic (exact) mass is 404 g/mol. The Bertz CT molecular complexity index is 1000. The Labute approximate surface area is 165 Å². The van der Waals surface area contributed by atoms with Gasteiger partial charge in [-0.25, -0.2) is 9.69 Å². The fourth-order valence-corrected chi connectivity index (χ4v) is 4.25. The maximum Gasteiger partial charge on any atom is 0.416 e. The van der Waals surface area contributed by atoms with E-state index >= 15 is 0 Å². The molecule has 1 N–H and O–H groups in total. The van der Waals surface area contributed by atoms with Gasteiger partial charge < -0.3 is 10.1 Å². The molecule has 1 spiro atoms. The van der Waals surface area contributed by atoms with Crippen molar-refractivity contribution in [3.8, 4) is 0 Å². The quantitative estimate of drug-likeness (QED) is 0.753. The molecule has 4 rings (SSSR count). The predicted molar refractivity (Wildman–Crippen MR) is 101 cm³/mol. The number of rotatable bonds is 1. The molecule has 2 aliphatic rings. The van der Waals surface area contributed by atoms with Crippen LogP contribution >= 0.6 is 0 Å². The molecule has 2 aromatic carbocycles. The van der Waals surface area contributed by atoms with E-state index in [1.165, 1.54) is 13.0 Å². The maximum absolute atomic E-state index is 13.3. The van der Waals surface area contributed by atoms with Crippen molar-refractivity contribution in [3.05, 3.63) is 59.2 Å². The van der Waals surface area contributed by atoms with Gasteiger partial charge in [0.2, 0.25) is 5.91 Å². The zero-order valence-electron chi connectivity index (χ0n) is 15.8. The van der Waals surface area contributed by atoms with E-state index in [9.17, 15) is 22.8 Å². The van der Waals surface area contributed by atoms with Crippen LogP contribution in [0.4, 0.5) is 29.3 Å². The highest BCUT2D eigenvalue weighted by Crippen LogP contribution is 2.49. The van der Waals surface area contributed by atoms with Crippen molar-refractivity contribution in [2.75, 3.05) is 16.8 Å². The summed E-state index contributed by atoms with van der Waals surface area (Å²) in [5.41, 5.74) is -0.379. The van der Waals surface area contributed by atoms with E-state index in [2.05, 4.69) is 5.32 Å². The lowest BCUT2D eigenvalue weighted by Crippen LogP contribution is -2.48. The summed E-state index contributed by atoms with van der Waals surface area (Å²) >= 11 is 0. The number of carbonyl (C=O) groups is 2. The van der Waals surface area contributed by atoms with Gasteiger partial charge in [-0.05, 0) is 55.7 Å². The van der Waals surface area contributed by atoms with Crippen LogP contribution in [0.3, 0.4) is 0 Å². The van der Waals surface area contributed by atoms with Crippen LogP contribution in [0.25, 0.3) is 0 Å². The molecule has 0 unspecified atom stereocenters. The molecule has 1 saturated heterocycles. The number of nitrogens with one attached hydrogen (secondary N) is 1. The fraction of sp³-hybridized carbons (Fsp3) is 0.333. The number of halogens is 3. The number of amides is 3. The molecule has 0 aliphatic carbocycles. The second kappa shape index (κ2) is 6.59. The van der Waals surface area contributed by atoms with E-state index < -0.39 is 35.2 Å². The molecule has 29 heavy (non-hydrogen) atoms. The second-order valence-electron chi connectivity index (χ2n) is 7.41. The third-order valence-electron chi connectivity index (χ3n) is 5.63. The van der Waals surface area contributed by atoms with Gasteiger partial charge in [-0.3, -0.25) is 4.79 Å². The van der Waals surface area contributed by atoms with Crippen LogP contribution in [0.15, 0.2) is 42.5 Å². The van der Waals surface area contributed by atoms with Gasteiger partial charge in [-0.1, -0.05) is 18.2 Å². The van der Waals surface area contributed by atoms with Gasteiger partial charge >= 0.3 is 12.2 Å². The molecule has 2 aromatic rings. The first-order valence-corrected chi connectivity index (χ1v) is 9.20. The maximum atomic E-state index is 13.3. The van der Waals surface area contributed by atoms with Crippen molar-refractivity contribution in [2.45, 2.75) is 38.0 Å². The first-order chi connectivity index (χ1) is 13.6. The molecule has 0 aromatic heterocycles. The van der Waals surface area contributed by atoms with Crippen molar-refractivity contribution in [3.63, 3.8) is 0 Å². The number of carbonyl (C=O) groups excluding carboxylic acids is 2. The zero-order valence-corrected chi connectivity index (χ0v) is 15.8. The average Bonchev–Trinajstić information content (AvgIpc) is 3.14. The molecule has 1 fully saturated rings. The van der Waals surface area contributed by atoms with Crippen LogP contribution in [0, 0.1) is 6.92 Å². The van der Waals surface area contributed by atoms with Crippen molar-refractivity contribution >= 4 is 23.3 Å². The summed E-state index contributed by atoms with van der Waals surface area (Å²) in [5, 5.41) is 2.46. The summed E-state index contributed by atoms with van der Waals surface area (Å²) in [5.74, 6) is -0.426. The van der Waals surface area contributed by atoms with E-state index in [1.54, 1.807) is 31.2 Å². The molecule has 2 aliphatic heterocycles. The number of para-hydroxylation sites is 1. The molecule has 2 heterocycles. The standard InChI is InChI=1S/C21H19F3N2O3/c1-12-9-14(21(22,23)24)11-15(10-12)25-19(28)26-17-6-4-3-5-16(17)20(18(26)27)7-8-29-13(20)2/h3-6,9-11,13H,7-8H2,1-2H3,(H,25,28)/t13-,20+/m0/s1. The molecule has 2 atom stereocenters. The van der Waals surface area contributed by atoms with Crippen molar-refractivity contribution in [1.82, 2.24) is 0 Å². The van der Waals surface area contributed by atoms with Gasteiger partial charge in [-0.2, -0.15) is 13.2 Å². The summed E-state index contributed by atoms with van der Waals surface area (Å²) in [7, 11) is 0. The van der Waals surface area contributed by atoms with E-state index in [0.717, 1.165) is 17.0 Å². The lowest BCUT2D eigenvalue weighted by Gasteiger charge is -2.26. The van der Waals surface area contributed by atoms with E-state index in [0.29, 0.717) is 29.8 Å². The molecule has 152 valence electrons. The molecular weight excluding hydrogens is 385 g/mol. The summed E-state index contributed by atoms with van der Waals surface area (Å²) in [4.78, 5) is 27.3. The van der Waals surface area contributed by atoms with Gasteiger partial charge in [0.1, 0.15) is 5.41 Å². The Balaban J connectivity index is 1.70. The zero-order chi connectivity index (χ0) is 21.0. The van der Waals surface area contributed by atoms with Crippen molar-refractivity contribution < 1.29 is 27.5 Å². The average molecular weight is 404 g/mol. The number of benzene rings is 2. The Morgan fingerprint density at radius 1 is 1.24 bits per heavy atom. The largest absolute Gasteiger partial charge is 0.416 e. The lowest BCUT2D eigenvalue weighted by atomic mass is 9.76. The van der Waals surface area contributed by atoms with E-state index in [1.807, 2.05) is 0 Å². The van der Waals surface area contributed by atoms with Gasteiger partial charge in [0.15, 0.2) is 0 Å². The molecule has 8 heteroatoms. The number of hydrogen-bond acceptors (Lipinski definition) is 3. The number of imide groups is 1. The van der Waals surface area contributed by atoms with Crippen molar-refractivity contribution in [1.29, 1.82) is 0 Å². The fourth-order valence-electron chi connectivity index (χ4n) is 4.25. The Kier molecular flexibility index (Phi) is 4.42. The number of urea groups is 1. The van der Waals surface area contributed by atoms with Gasteiger partial charge in [0.05, 0.1) is 17.4 Å². The van der Waals surface area contributed by atoms with Crippen LogP contribution in [0.2, 0.25) is 0 Å². The Hall–Kier alpha value is -2.87. The number of anilines is 2. The molecule has 0 radical (unpaired) electrons. The number of alkyl halides is 3. The first-order valence-electron chi connectivity index (χ1n) is 9.20. The molecule has 0 bridgehead atoms. The number of aryl methyl sites for hydroxylation is 1. The lowest BCUT2D eigenvalue weighted by molar-refractivity contribution is -0.137. The number of hydrogen-bond donors (Lipinski definition) is 1. The van der Waals surface area contributed by atoms with E-state index in [4.69, 9.17) is 4.74 Å². The Morgan fingerprint density at radius 2 is 1.97 bits per heavy atom. The van der Waals surface area contributed by atoms with Gasteiger partial charge in [-0.15, -0.1) is 0 Å². The van der Waals surface area contributed by atoms with Gasteiger partial charge in [0.25, 0.3) is 0 Å². The summed E-state index contributed by atoms with van der Waals surface area (Å²) in [6.45, 7) is 3.69. The third kappa shape index (κ3) is 2.98. The van der Waals surface area contributed by atoms with Crippen LogP contribution in [-0.4, -0.2) is 24.6 Å². The van der Waals surface area contributed by atoms with Crippen molar-refractivity contribution in [2.24, 2.45) is 0 Å².